The molecule has 0 aromatic heterocycles. The molecule has 0 saturated heterocycles. The molecule has 1 aromatic carbocycles. The number of hydrogen-bond acceptors (Lipinski definition) is 3. The van der Waals surface area contributed by atoms with Gasteiger partial charge in [-0.05, 0) is 32.6 Å². The van der Waals surface area contributed by atoms with Gasteiger partial charge in [0.2, 0.25) is 0 Å². The molecule has 5 heteroatoms. The lowest BCUT2D eigenvalue weighted by Gasteiger charge is -2.24. The minimum Gasteiger partial charge on any atom is -0.494 e. The van der Waals surface area contributed by atoms with Crippen molar-refractivity contribution >= 4 is 5.91 Å². The van der Waals surface area contributed by atoms with Crippen LogP contribution in [0.5, 0.6) is 5.75 Å². The molecule has 0 aliphatic rings. The number of amides is 1. The van der Waals surface area contributed by atoms with Crippen molar-refractivity contribution in [3.8, 4) is 5.75 Å². The van der Waals surface area contributed by atoms with Gasteiger partial charge in [-0.3, -0.25) is 4.79 Å². The molecule has 0 heterocycles. The first-order chi connectivity index (χ1) is 9.51. The predicted octanol–water partition coefficient (Wildman–Crippen LogP) is 2.29. The molecule has 0 radical (unpaired) electrons. The van der Waals surface area contributed by atoms with Gasteiger partial charge in [-0.1, -0.05) is 19.4 Å². The lowest BCUT2D eigenvalue weighted by atomic mass is 10.1. The fourth-order valence-corrected chi connectivity index (χ4v) is 2.03. The Morgan fingerprint density at radius 1 is 1.45 bits per heavy atom. The SMILES string of the molecule is CCC[C@@H](CNC(=O)c1cccc(OC)c1F)N(C)C. The van der Waals surface area contributed by atoms with Crippen molar-refractivity contribution in [3.63, 3.8) is 0 Å². The molecule has 1 rings (SSSR count). The Bertz CT molecular complexity index is 449. The van der Waals surface area contributed by atoms with Crippen molar-refractivity contribution in [1.29, 1.82) is 0 Å². The second-order valence-electron chi connectivity index (χ2n) is 4.94. The number of nitrogens with one attached hydrogen (secondary N) is 1. The van der Waals surface area contributed by atoms with Crippen molar-refractivity contribution in [3.05, 3.63) is 29.6 Å². The number of halogens is 1. The minimum atomic E-state index is -0.621. The van der Waals surface area contributed by atoms with Gasteiger partial charge in [0.05, 0.1) is 12.7 Å². The smallest absolute Gasteiger partial charge is 0.254 e. The maximum absolute atomic E-state index is 14.0. The van der Waals surface area contributed by atoms with E-state index >= 15 is 0 Å². The maximum Gasteiger partial charge on any atom is 0.254 e. The van der Waals surface area contributed by atoms with Crippen LogP contribution in [0.15, 0.2) is 18.2 Å². The maximum atomic E-state index is 14.0. The molecule has 0 spiro atoms. The summed E-state index contributed by atoms with van der Waals surface area (Å²) in [6.07, 6.45) is 2.01. The molecule has 0 aliphatic heterocycles. The quantitative estimate of drug-likeness (QED) is 0.834. The predicted molar refractivity (Wildman–Crippen MR) is 77.7 cm³/mol. The van der Waals surface area contributed by atoms with Crippen LogP contribution in [0.25, 0.3) is 0 Å². The third-order valence-corrected chi connectivity index (χ3v) is 3.28. The van der Waals surface area contributed by atoms with Gasteiger partial charge in [0.15, 0.2) is 11.6 Å². The number of benzene rings is 1. The van der Waals surface area contributed by atoms with Crippen LogP contribution in [0.1, 0.15) is 30.1 Å². The zero-order chi connectivity index (χ0) is 15.1. The molecule has 4 nitrogen and oxygen atoms in total. The highest BCUT2D eigenvalue weighted by Crippen LogP contribution is 2.19. The molecule has 0 saturated carbocycles. The van der Waals surface area contributed by atoms with E-state index in [0.29, 0.717) is 6.54 Å². The Hall–Kier alpha value is -1.62. The first-order valence-electron chi connectivity index (χ1n) is 6.78. The molecule has 1 N–H and O–H groups in total. The Morgan fingerprint density at radius 2 is 2.15 bits per heavy atom. The zero-order valence-corrected chi connectivity index (χ0v) is 12.6. The number of carbonyl (C=O) groups is 1. The molecule has 112 valence electrons. The van der Waals surface area contributed by atoms with Gasteiger partial charge in [0.1, 0.15) is 0 Å². The van der Waals surface area contributed by atoms with Crippen LogP contribution >= 0.6 is 0 Å². The van der Waals surface area contributed by atoms with E-state index in [1.807, 2.05) is 14.1 Å². The Labute approximate surface area is 119 Å². The molecule has 0 unspecified atom stereocenters. The van der Waals surface area contributed by atoms with Gasteiger partial charge < -0.3 is 15.0 Å². The summed E-state index contributed by atoms with van der Waals surface area (Å²) in [6.45, 7) is 2.59. The van der Waals surface area contributed by atoms with Crippen molar-refractivity contribution in [2.45, 2.75) is 25.8 Å². The molecule has 0 aliphatic carbocycles. The van der Waals surface area contributed by atoms with E-state index in [1.54, 1.807) is 6.07 Å². The van der Waals surface area contributed by atoms with Crippen LogP contribution in [-0.4, -0.2) is 44.6 Å². The second kappa shape index (κ2) is 7.85. The van der Waals surface area contributed by atoms with E-state index in [4.69, 9.17) is 4.74 Å². The van der Waals surface area contributed by atoms with Crippen molar-refractivity contribution < 1.29 is 13.9 Å². The summed E-state index contributed by atoms with van der Waals surface area (Å²) >= 11 is 0. The summed E-state index contributed by atoms with van der Waals surface area (Å²) in [5.41, 5.74) is 0.0124. The summed E-state index contributed by atoms with van der Waals surface area (Å²) in [5, 5.41) is 2.78. The highest BCUT2D eigenvalue weighted by atomic mass is 19.1. The van der Waals surface area contributed by atoms with Gasteiger partial charge in [-0.25, -0.2) is 4.39 Å². The summed E-state index contributed by atoms with van der Waals surface area (Å²) in [5.74, 6) is -0.955. The highest BCUT2D eigenvalue weighted by molar-refractivity contribution is 5.94. The first kappa shape index (κ1) is 16.4. The Kier molecular flexibility index (Phi) is 6.45. The van der Waals surface area contributed by atoms with Crippen molar-refractivity contribution in [2.24, 2.45) is 0 Å². The van der Waals surface area contributed by atoms with Crippen molar-refractivity contribution in [1.82, 2.24) is 10.2 Å². The normalized spacial score (nSPS) is 12.3. The van der Waals surface area contributed by atoms with Crippen LogP contribution in [0.3, 0.4) is 0 Å². The third-order valence-electron chi connectivity index (χ3n) is 3.28. The Balaban J connectivity index is 2.72. The molecule has 1 aromatic rings. The number of likely N-dealkylation sites (N-methyl/N-ethyl adjacent to an activating group) is 1. The van der Waals surface area contributed by atoms with E-state index in [9.17, 15) is 9.18 Å². The Morgan fingerprint density at radius 3 is 2.70 bits per heavy atom. The fourth-order valence-electron chi connectivity index (χ4n) is 2.03. The lowest BCUT2D eigenvalue weighted by Crippen LogP contribution is -2.40. The average molecular weight is 282 g/mol. The number of rotatable bonds is 7. The van der Waals surface area contributed by atoms with Gasteiger partial charge in [-0.2, -0.15) is 0 Å². The number of hydrogen-bond donors (Lipinski definition) is 1. The third kappa shape index (κ3) is 4.20. The molecule has 0 bridgehead atoms. The van der Waals surface area contributed by atoms with Crippen LogP contribution in [0.2, 0.25) is 0 Å². The van der Waals surface area contributed by atoms with Gasteiger partial charge >= 0.3 is 0 Å². The van der Waals surface area contributed by atoms with Gasteiger partial charge in [0, 0.05) is 12.6 Å². The van der Waals surface area contributed by atoms with E-state index in [2.05, 4.69) is 17.1 Å². The van der Waals surface area contributed by atoms with Crippen LogP contribution < -0.4 is 10.1 Å². The first-order valence-corrected chi connectivity index (χ1v) is 6.78. The topological polar surface area (TPSA) is 41.6 Å². The molecule has 1 amide bonds. The average Bonchev–Trinajstić information content (AvgIpc) is 2.43. The number of nitrogens with zero attached hydrogens (tertiary/aromatic N) is 1. The summed E-state index contributed by atoms with van der Waals surface area (Å²) in [4.78, 5) is 14.1. The lowest BCUT2D eigenvalue weighted by molar-refractivity contribution is 0.0935. The fraction of sp³-hybridized carbons (Fsp3) is 0.533. The molecular weight excluding hydrogens is 259 g/mol. The summed E-state index contributed by atoms with van der Waals surface area (Å²) < 4.78 is 18.8. The van der Waals surface area contributed by atoms with Crippen molar-refractivity contribution in [2.75, 3.05) is 27.7 Å². The van der Waals surface area contributed by atoms with E-state index in [-0.39, 0.29) is 17.4 Å². The van der Waals surface area contributed by atoms with E-state index < -0.39 is 11.7 Å². The van der Waals surface area contributed by atoms with Crippen LogP contribution in [0.4, 0.5) is 4.39 Å². The number of ether oxygens (including phenoxy) is 1. The van der Waals surface area contributed by atoms with E-state index in [1.165, 1.54) is 19.2 Å². The zero-order valence-electron chi connectivity index (χ0n) is 12.6. The summed E-state index contributed by atoms with van der Waals surface area (Å²) in [7, 11) is 5.32. The number of carbonyl (C=O) groups excluding carboxylic acids is 1. The van der Waals surface area contributed by atoms with Gasteiger partial charge in [0.25, 0.3) is 5.91 Å². The second-order valence-corrected chi connectivity index (χ2v) is 4.94. The number of methoxy groups -OCH3 is 1. The van der Waals surface area contributed by atoms with Crippen LogP contribution in [0, 0.1) is 5.82 Å². The highest BCUT2D eigenvalue weighted by Gasteiger charge is 2.17. The monoisotopic (exact) mass is 282 g/mol. The molecule has 0 fully saturated rings. The molecular formula is C15H23FN2O2. The van der Waals surface area contributed by atoms with E-state index in [0.717, 1.165) is 12.8 Å². The summed E-state index contributed by atoms with van der Waals surface area (Å²) in [6, 6.07) is 4.80. The molecule has 20 heavy (non-hydrogen) atoms. The molecule has 1 atom stereocenters. The minimum absolute atomic E-state index is 0.0124. The van der Waals surface area contributed by atoms with Crippen LogP contribution in [-0.2, 0) is 0 Å². The van der Waals surface area contributed by atoms with Gasteiger partial charge in [-0.15, -0.1) is 0 Å². The standard InChI is InChI=1S/C15H23FN2O2/c1-5-7-11(18(2)3)10-17-15(19)12-8-6-9-13(20-4)14(12)16/h6,8-9,11H,5,7,10H2,1-4H3,(H,17,19)/t11-/m0/s1. The largest absolute Gasteiger partial charge is 0.494 e.